The summed E-state index contributed by atoms with van der Waals surface area (Å²) < 4.78 is 0. The minimum Gasteiger partial charge on any atom is -0.372 e. The van der Waals surface area contributed by atoms with Crippen LogP contribution in [-0.4, -0.2) is 19.6 Å². The third-order valence-corrected chi connectivity index (χ3v) is 6.09. The van der Waals surface area contributed by atoms with Gasteiger partial charge in [0.05, 0.1) is 0 Å². The van der Waals surface area contributed by atoms with E-state index >= 15 is 0 Å². The van der Waals surface area contributed by atoms with Crippen molar-refractivity contribution in [2.24, 2.45) is 0 Å². The maximum absolute atomic E-state index is 2.51. The Balaban J connectivity index is 1.62. The van der Waals surface area contributed by atoms with E-state index in [0.29, 0.717) is 5.92 Å². The summed E-state index contributed by atoms with van der Waals surface area (Å²) in [6.07, 6.45) is 2.63. The normalized spacial score (nSPS) is 16.3. The second-order valence-corrected chi connectivity index (χ2v) is 7.58. The van der Waals surface area contributed by atoms with E-state index < -0.39 is 0 Å². The molecule has 3 aromatic carbocycles. The predicted molar refractivity (Wildman–Crippen MR) is 114 cm³/mol. The summed E-state index contributed by atoms with van der Waals surface area (Å²) in [5.74, 6) is 0.299. The molecule has 0 aliphatic carbocycles. The van der Waals surface area contributed by atoms with Crippen LogP contribution in [0.4, 0.5) is 17.1 Å². The molecule has 2 aliphatic heterocycles. The van der Waals surface area contributed by atoms with Crippen molar-refractivity contribution in [2.75, 3.05) is 29.4 Å². The Bertz CT molecular complexity index is 891. The fraction of sp³-hybridized carbons (Fsp3) is 0.280. The van der Waals surface area contributed by atoms with Crippen LogP contribution in [0, 0.1) is 0 Å². The number of fused-ring (bicyclic) bond motifs is 2. The summed E-state index contributed by atoms with van der Waals surface area (Å²) in [5.41, 5.74) is 8.25. The minimum absolute atomic E-state index is 0.299. The van der Waals surface area contributed by atoms with Gasteiger partial charge in [0.25, 0.3) is 0 Å². The van der Waals surface area contributed by atoms with Crippen LogP contribution in [0.25, 0.3) is 0 Å². The fourth-order valence-corrected chi connectivity index (χ4v) is 4.80. The van der Waals surface area contributed by atoms with E-state index in [4.69, 9.17) is 0 Å². The Labute approximate surface area is 162 Å². The van der Waals surface area contributed by atoms with Gasteiger partial charge in [-0.15, -0.1) is 0 Å². The highest BCUT2D eigenvalue weighted by Crippen LogP contribution is 2.48. The number of para-hydroxylation sites is 2. The number of benzene rings is 3. The van der Waals surface area contributed by atoms with Gasteiger partial charge in [-0.2, -0.15) is 0 Å². The highest BCUT2D eigenvalue weighted by molar-refractivity contribution is 5.78. The van der Waals surface area contributed by atoms with Gasteiger partial charge in [0.15, 0.2) is 0 Å². The Morgan fingerprint density at radius 1 is 0.741 bits per heavy atom. The molecule has 136 valence electrons. The van der Waals surface area contributed by atoms with Crippen LogP contribution in [0.5, 0.6) is 0 Å². The molecule has 2 heteroatoms. The van der Waals surface area contributed by atoms with Crippen LogP contribution in [0.3, 0.4) is 0 Å². The molecular formula is C25H26N2. The molecule has 0 amide bonds. The van der Waals surface area contributed by atoms with E-state index in [-0.39, 0.29) is 0 Å². The third-order valence-electron chi connectivity index (χ3n) is 6.09. The lowest BCUT2D eigenvalue weighted by atomic mass is 9.80. The van der Waals surface area contributed by atoms with Gasteiger partial charge in [0, 0.05) is 42.6 Å². The van der Waals surface area contributed by atoms with E-state index in [9.17, 15) is 0 Å². The van der Waals surface area contributed by atoms with Gasteiger partial charge in [0.1, 0.15) is 0 Å². The van der Waals surface area contributed by atoms with Crippen molar-refractivity contribution in [1.82, 2.24) is 0 Å². The predicted octanol–water partition coefficient (Wildman–Crippen LogP) is 5.94. The first kappa shape index (κ1) is 16.4. The lowest BCUT2D eigenvalue weighted by Gasteiger charge is -2.37. The van der Waals surface area contributed by atoms with Crippen molar-refractivity contribution in [1.29, 1.82) is 0 Å². The van der Waals surface area contributed by atoms with Gasteiger partial charge in [-0.05, 0) is 60.7 Å². The monoisotopic (exact) mass is 354 g/mol. The van der Waals surface area contributed by atoms with E-state index in [1.165, 1.54) is 59.7 Å². The van der Waals surface area contributed by atoms with Crippen LogP contribution in [-0.2, 0) is 0 Å². The molecule has 0 radical (unpaired) electrons. The fourth-order valence-electron chi connectivity index (χ4n) is 4.80. The van der Waals surface area contributed by atoms with Crippen LogP contribution < -0.4 is 9.80 Å². The number of anilines is 3. The van der Waals surface area contributed by atoms with Crippen molar-refractivity contribution in [3.05, 3.63) is 89.5 Å². The molecule has 0 spiro atoms. The van der Waals surface area contributed by atoms with Crippen LogP contribution in [0.15, 0.2) is 72.8 Å². The Kier molecular flexibility index (Phi) is 4.12. The summed E-state index contributed by atoms with van der Waals surface area (Å²) in [7, 11) is 0. The average Bonchev–Trinajstić information content (AvgIpc) is 3.27. The second-order valence-electron chi connectivity index (χ2n) is 7.58. The van der Waals surface area contributed by atoms with Gasteiger partial charge in [0.2, 0.25) is 0 Å². The van der Waals surface area contributed by atoms with Gasteiger partial charge < -0.3 is 9.80 Å². The van der Waals surface area contributed by atoms with E-state index in [0.717, 1.165) is 6.54 Å². The Morgan fingerprint density at radius 3 is 1.85 bits per heavy atom. The van der Waals surface area contributed by atoms with Gasteiger partial charge in [-0.25, -0.2) is 0 Å². The second kappa shape index (κ2) is 6.77. The smallest absolute Gasteiger partial charge is 0.0452 e. The topological polar surface area (TPSA) is 6.48 Å². The Morgan fingerprint density at radius 2 is 1.30 bits per heavy atom. The van der Waals surface area contributed by atoms with Crippen LogP contribution >= 0.6 is 0 Å². The highest BCUT2D eigenvalue weighted by atomic mass is 15.1. The minimum atomic E-state index is 0.299. The lowest BCUT2D eigenvalue weighted by molar-refractivity contribution is 0.888. The van der Waals surface area contributed by atoms with Gasteiger partial charge in [-0.1, -0.05) is 48.5 Å². The zero-order valence-electron chi connectivity index (χ0n) is 15.9. The highest BCUT2D eigenvalue weighted by Gasteiger charge is 2.30. The summed E-state index contributed by atoms with van der Waals surface area (Å²) >= 11 is 0. The molecule has 2 nitrogen and oxygen atoms in total. The standard InChI is InChI=1S/C25H26N2/c1-2-27-23-11-5-3-9-21(23)25(22-10-4-6-12-24(22)27)19-13-15-20(16-14-19)26-17-7-8-18-26/h3-6,9-16,25H,2,7-8,17-18H2,1H3. The molecule has 1 saturated heterocycles. The first-order valence-corrected chi connectivity index (χ1v) is 10.2. The van der Waals surface area contributed by atoms with Crippen LogP contribution in [0.1, 0.15) is 42.4 Å². The van der Waals surface area contributed by atoms with Crippen molar-refractivity contribution in [3.8, 4) is 0 Å². The number of nitrogens with zero attached hydrogens (tertiary/aromatic N) is 2. The SMILES string of the molecule is CCN1c2ccccc2C(c2ccc(N3CCCC3)cc2)c2ccccc21. The van der Waals surface area contributed by atoms with E-state index in [2.05, 4.69) is 89.5 Å². The molecule has 0 bridgehead atoms. The molecule has 2 aliphatic rings. The first-order chi connectivity index (χ1) is 13.4. The molecule has 0 saturated carbocycles. The maximum Gasteiger partial charge on any atom is 0.0452 e. The quantitative estimate of drug-likeness (QED) is 0.574. The molecule has 3 aromatic rings. The molecule has 0 aromatic heterocycles. The summed E-state index contributed by atoms with van der Waals surface area (Å²) in [5, 5.41) is 0. The molecule has 5 rings (SSSR count). The van der Waals surface area contributed by atoms with Crippen LogP contribution in [0.2, 0.25) is 0 Å². The van der Waals surface area contributed by atoms with Crippen molar-refractivity contribution in [3.63, 3.8) is 0 Å². The molecular weight excluding hydrogens is 328 g/mol. The van der Waals surface area contributed by atoms with Gasteiger partial charge >= 0.3 is 0 Å². The zero-order valence-corrected chi connectivity index (χ0v) is 15.9. The molecule has 27 heavy (non-hydrogen) atoms. The Hall–Kier alpha value is -2.74. The molecule has 1 fully saturated rings. The number of hydrogen-bond acceptors (Lipinski definition) is 2. The van der Waals surface area contributed by atoms with Crippen molar-refractivity contribution >= 4 is 17.1 Å². The lowest BCUT2D eigenvalue weighted by Crippen LogP contribution is -2.25. The zero-order chi connectivity index (χ0) is 18.2. The summed E-state index contributed by atoms with van der Waals surface area (Å²) in [6.45, 7) is 5.60. The van der Waals surface area contributed by atoms with Crippen molar-refractivity contribution < 1.29 is 0 Å². The molecule has 0 N–H and O–H groups in total. The maximum atomic E-state index is 2.51. The average molecular weight is 354 g/mol. The van der Waals surface area contributed by atoms with Gasteiger partial charge in [-0.3, -0.25) is 0 Å². The van der Waals surface area contributed by atoms with Crippen molar-refractivity contribution in [2.45, 2.75) is 25.7 Å². The molecule has 2 heterocycles. The molecule has 0 atom stereocenters. The summed E-state index contributed by atoms with van der Waals surface area (Å²) in [4.78, 5) is 4.95. The number of hydrogen-bond donors (Lipinski definition) is 0. The third kappa shape index (κ3) is 2.71. The number of rotatable bonds is 3. The van der Waals surface area contributed by atoms with E-state index in [1.807, 2.05) is 0 Å². The first-order valence-electron chi connectivity index (χ1n) is 10.2. The molecule has 0 unspecified atom stereocenters. The van der Waals surface area contributed by atoms with E-state index in [1.54, 1.807) is 0 Å². The largest absolute Gasteiger partial charge is 0.372 e. The summed E-state index contributed by atoms with van der Waals surface area (Å²) in [6, 6.07) is 27.1.